The van der Waals surface area contributed by atoms with Crippen molar-refractivity contribution >= 4 is 17.4 Å². The van der Waals surface area contributed by atoms with Gasteiger partial charge in [-0.05, 0) is 36.4 Å². The minimum atomic E-state index is -4.85. The first-order chi connectivity index (χ1) is 9.70. The van der Waals surface area contributed by atoms with E-state index in [1.165, 1.54) is 0 Å². The van der Waals surface area contributed by atoms with Crippen molar-refractivity contribution in [1.82, 2.24) is 0 Å². The van der Waals surface area contributed by atoms with Crippen molar-refractivity contribution in [2.24, 2.45) is 0 Å². The molecule has 0 bridgehead atoms. The molecule has 110 valence electrons. The fourth-order valence-electron chi connectivity index (χ4n) is 1.77. The third kappa shape index (κ3) is 3.21. The molecule has 7 heteroatoms. The summed E-state index contributed by atoms with van der Waals surface area (Å²) in [7, 11) is 0. The molecule has 2 aromatic rings. The molecule has 0 amide bonds. The lowest BCUT2D eigenvalue weighted by Gasteiger charge is -2.12. The van der Waals surface area contributed by atoms with Crippen LogP contribution in [-0.4, -0.2) is 5.78 Å². The number of alkyl halides is 3. The summed E-state index contributed by atoms with van der Waals surface area (Å²) >= 11 is 5.68. The van der Waals surface area contributed by atoms with Crippen LogP contribution in [0.1, 0.15) is 21.5 Å². The van der Waals surface area contributed by atoms with Gasteiger partial charge >= 0.3 is 6.18 Å². The summed E-state index contributed by atoms with van der Waals surface area (Å²) in [6.45, 7) is 0. The smallest absolute Gasteiger partial charge is 0.289 e. The van der Waals surface area contributed by atoms with Crippen molar-refractivity contribution in [3.8, 4) is 0 Å². The van der Waals surface area contributed by atoms with Crippen LogP contribution in [0.5, 0.6) is 0 Å². The molecular weight excluding hydrogens is 315 g/mol. The van der Waals surface area contributed by atoms with Gasteiger partial charge in [0.15, 0.2) is 5.78 Å². The summed E-state index contributed by atoms with van der Waals surface area (Å²) < 4.78 is 64.9. The highest BCUT2D eigenvalue weighted by atomic mass is 35.5. The summed E-state index contributed by atoms with van der Waals surface area (Å²) in [5, 5.41) is -0.223. The fraction of sp³-hybridized carbons (Fsp3) is 0.0714. The lowest BCUT2D eigenvalue weighted by Crippen LogP contribution is -2.14. The van der Waals surface area contributed by atoms with E-state index in [1.807, 2.05) is 0 Å². The third-order valence-corrected chi connectivity index (χ3v) is 3.03. The van der Waals surface area contributed by atoms with Crippen LogP contribution in [0.3, 0.4) is 0 Å². The number of ketones is 1. The van der Waals surface area contributed by atoms with E-state index < -0.39 is 40.3 Å². The van der Waals surface area contributed by atoms with Gasteiger partial charge in [0.2, 0.25) is 0 Å². The molecule has 0 spiro atoms. The number of rotatable bonds is 2. The van der Waals surface area contributed by atoms with Crippen LogP contribution in [0.2, 0.25) is 5.02 Å². The van der Waals surface area contributed by atoms with Gasteiger partial charge in [-0.1, -0.05) is 11.6 Å². The molecule has 2 rings (SSSR count). The molecule has 0 atom stereocenters. The molecule has 0 heterocycles. The van der Waals surface area contributed by atoms with Crippen LogP contribution >= 0.6 is 11.6 Å². The summed E-state index contributed by atoms with van der Waals surface area (Å²) in [6, 6.07) is 4.19. The molecule has 0 aliphatic heterocycles. The quantitative estimate of drug-likeness (QED) is 0.570. The molecule has 0 saturated carbocycles. The Kier molecular flexibility index (Phi) is 4.00. The third-order valence-electron chi connectivity index (χ3n) is 2.70. The molecule has 0 saturated heterocycles. The monoisotopic (exact) mass is 320 g/mol. The summed E-state index contributed by atoms with van der Waals surface area (Å²) in [5.74, 6) is -3.06. The molecule has 0 unspecified atom stereocenters. The molecule has 0 N–H and O–H groups in total. The van der Waals surface area contributed by atoms with Gasteiger partial charge in [0.25, 0.3) is 0 Å². The Balaban J connectivity index is 2.63. The van der Waals surface area contributed by atoms with Gasteiger partial charge in [0, 0.05) is 11.1 Å². The van der Waals surface area contributed by atoms with Crippen molar-refractivity contribution in [3.05, 3.63) is 69.7 Å². The highest BCUT2D eigenvalue weighted by Gasteiger charge is 2.36. The van der Waals surface area contributed by atoms with Crippen molar-refractivity contribution in [2.75, 3.05) is 0 Å². The molecule has 2 aromatic carbocycles. The number of halogens is 6. The summed E-state index contributed by atoms with van der Waals surface area (Å²) in [5.41, 5.74) is -2.70. The van der Waals surface area contributed by atoms with E-state index in [4.69, 9.17) is 11.6 Å². The number of hydrogen-bond acceptors (Lipinski definition) is 1. The molecule has 0 aliphatic rings. The highest BCUT2D eigenvalue weighted by Crippen LogP contribution is 2.34. The maximum atomic E-state index is 13.2. The lowest BCUT2D eigenvalue weighted by atomic mass is 9.97. The van der Waals surface area contributed by atoms with Crippen LogP contribution in [-0.2, 0) is 6.18 Å². The van der Waals surface area contributed by atoms with Gasteiger partial charge < -0.3 is 0 Å². The molecular formula is C14H6ClF5O. The van der Waals surface area contributed by atoms with Crippen molar-refractivity contribution in [2.45, 2.75) is 6.18 Å². The molecule has 0 aliphatic carbocycles. The van der Waals surface area contributed by atoms with Crippen LogP contribution < -0.4 is 0 Å². The van der Waals surface area contributed by atoms with E-state index in [0.717, 1.165) is 12.1 Å². The first kappa shape index (κ1) is 15.4. The van der Waals surface area contributed by atoms with E-state index in [0.29, 0.717) is 24.3 Å². The van der Waals surface area contributed by atoms with Crippen molar-refractivity contribution < 1.29 is 26.7 Å². The first-order valence-electron chi connectivity index (χ1n) is 5.56. The van der Waals surface area contributed by atoms with E-state index in [1.54, 1.807) is 0 Å². The molecule has 0 radical (unpaired) electrons. The van der Waals surface area contributed by atoms with Crippen LogP contribution in [0.25, 0.3) is 0 Å². The Bertz CT molecular complexity index is 709. The highest BCUT2D eigenvalue weighted by molar-refractivity contribution is 6.35. The van der Waals surface area contributed by atoms with Gasteiger partial charge in [0.05, 0.1) is 10.6 Å². The lowest BCUT2D eigenvalue weighted by molar-refractivity contribution is -0.137. The topological polar surface area (TPSA) is 17.1 Å². The maximum Gasteiger partial charge on any atom is 0.417 e. The van der Waals surface area contributed by atoms with E-state index >= 15 is 0 Å². The second kappa shape index (κ2) is 5.44. The number of benzene rings is 2. The largest absolute Gasteiger partial charge is 0.417 e. The zero-order valence-corrected chi connectivity index (χ0v) is 10.9. The second-order valence-corrected chi connectivity index (χ2v) is 4.55. The Hall–Kier alpha value is -1.95. The van der Waals surface area contributed by atoms with Gasteiger partial charge in [-0.15, -0.1) is 0 Å². The van der Waals surface area contributed by atoms with Crippen molar-refractivity contribution in [3.63, 3.8) is 0 Å². The zero-order valence-electron chi connectivity index (χ0n) is 10.1. The van der Waals surface area contributed by atoms with Crippen molar-refractivity contribution in [1.29, 1.82) is 0 Å². The number of carbonyl (C=O) groups excluding carboxylic acids is 1. The minimum absolute atomic E-state index is 0.223. The first-order valence-corrected chi connectivity index (χ1v) is 5.94. The van der Waals surface area contributed by atoms with E-state index in [-0.39, 0.29) is 5.02 Å². The number of hydrogen-bond donors (Lipinski definition) is 0. The molecule has 0 aromatic heterocycles. The molecule has 0 fully saturated rings. The van der Waals surface area contributed by atoms with Crippen LogP contribution in [0.4, 0.5) is 22.0 Å². The normalized spacial score (nSPS) is 11.5. The summed E-state index contributed by atoms with van der Waals surface area (Å²) in [6.07, 6.45) is -4.85. The van der Waals surface area contributed by atoms with Gasteiger partial charge in [-0.25, -0.2) is 8.78 Å². The van der Waals surface area contributed by atoms with Gasteiger partial charge in [0.1, 0.15) is 11.6 Å². The Morgan fingerprint density at radius 3 is 2.00 bits per heavy atom. The van der Waals surface area contributed by atoms with Gasteiger partial charge in [-0.3, -0.25) is 4.79 Å². The van der Waals surface area contributed by atoms with E-state index in [2.05, 4.69) is 0 Å². The average molecular weight is 321 g/mol. The van der Waals surface area contributed by atoms with Gasteiger partial charge in [-0.2, -0.15) is 13.2 Å². The Morgan fingerprint density at radius 2 is 1.43 bits per heavy atom. The van der Waals surface area contributed by atoms with Crippen LogP contribution in [0, 0.1) is 11.6 Å². The minimum Gasteiger partial charge on any atom is -0.289 e. The predicted octanol–water partition coefficient (Wildman–Crippen LogP) is 4.87. The average Bonchev–Trinajstić information content (AvgIpc) is 2.39. The Morgan fingerprint density at radius 1 is 0.905 bits per heavy atom. The zero-order chi connectivity index (χ0) is 15.8. The standard InChI is InChI=1S/C14H6ClF5O/c15-12-4-2-8(17)6-10(12)13(21)9-5-7(16)1-3-11(9)14(18,19)20/h1-6H. The second-order valence-electron chi connectivity index (χ2n) is 4.14. The predicted molar refractivity (Wildman–Crippen MR) is 66.2 cm³/mol. The Labute approximate surface area is 121 Å². The fourth-order valence-corrected chi connectivity index (χ4v) is 1.97. The van der Waals surface area contributed by atoms with E-state index in [9.17, 15) is 26.7 Å². The summed E-state index contributed by atoms with van der Waals surface area (Å²) in [4.78, 5) is 12.1. The SMILES string of the molecule is O=C(c1cc(F)ccc1Cl)c1cc(F)ccc1C(F)(F)F. The number of carbonyl (C=O) groups is 1. The maximum absolute atomic E-state index is 13.2. The molecule has 1 nitrogen and oxygen atoms in total. The molecule has 21 heavy (non-hydrogen) atoms. The van der Waals surface area contributed by atoms with Crippen LogP contribution in [0.15, 0.2) is 36.4 Å².